The van der Waals surface area contributed by atoms with Crippen LogP contribution in [0.25, 0.3) is 11.3 Å². The molecule has 148 valence electrons. The van der Waals surface area contributed by atoms with Crippen LogP contribution in [-0.4, -0.2) is 38.8 Å². The van der Waals surface area contributed by atoms with Crippen LogP contribution in [0.15, 0.2) is 61.2 Å². The lowest BCUT2D eigenvalue weighted by Crippen LogP contribution is -2.34. The van der Waals surface area contributed by atoms with Crippen LogP contribution in [0.1, 0.15) is 36.9 Å². The van der Waals surface area contributed by atoms with Crippen LogP contribution in [0.2, 0.25) is 0 Å². The van der Waals surface area contributed by atoms with Gasteiger partial charge in [-0.3, -0.25) is 24.6 Å². The topological polar surface area (TPSA) is 71.0 Å². The Morgan fingerprint density at radius 2 is 2.07 bits per heavy atom. The van der Waals surface area contributed by atoms with Crippen molar-refractivity contribution in [3.63, 3.8) is 0 Å². The zero-order valence-corrected chi connectivity index (χ0v) is 16.6. The van der Waals surface area contributed by atoms with E-state index in [1.807, 2.05) is 42.7 Å². The molecule has 4 rings (SSSR count). The number of carbonyl (C=O) groups excluding carboxylic acids is 1. The van der Waals surface area contributed by atoms with Gasteiger partial charge in [0.25, 0.3) is 0 Å². The number of hydrogen-bond acceptors (Lipinski definition) is 5. The third-order valence-corrected chi connectivity index (χ3v) is 5.20. The van der Waals surface area contributed by atoms with Crippen molar-refractivity contribution in [1.82, 2.24) is 19.9 Å². The standard InChI is InChI=1S/C23H25N5O/c1-17(29)27-21-8-2-6-19(13-21)22-23(26-11-10-25-22)20-7-4-12-28(16-20)15-18-5-3-9-24-14-18/h2-3,5-6,8-11,13-14,20H,4,7,12,15-16H2,1H3,(H,27,29)/t20-/m1/s1. The highest BCUT2D eigenvalue weighted by Gasteiger charge is 2.25. The zero-order valence-electron chi connectivity index (χ0n) is 16.6. The number of nitrogens with zero attached hydrogens (tertiary/aromatic N) is 4. The Bertz CT molecular complexity index is 976. The largest absolute Gasteiger partial charge is 0.326 e. The number of benzene rings is 1. The molecule has 1 amide bonds. The molecule has 2 aromatic heterocycles. The lowest BCUT2D eigenvalue weighted by Gasteiger charge is -2.33. The Kier molecular flexibility index (Phi) is 5.91. The lowest BCUT2D eigenvalue weighted by molar-refractivity contribution is -0.114. The molecular formula is C23H25N5O. The summed E-state index contributed by atoms with van der Waals surface area (Å²) in [6.07, 6.45) is 9.48. The van der Waals surface area contributed by atoms with E-state index >= 15 is 0 Å². The third-order valence-electron chi connectivity index (χ3n) is 5.20. The zero-order chi connectivity index (χ0) is 20.1. The highest BCUT2D eigenvalue weighted by atomic mass is 16.1. The van der Waals surface area contributed by atoms with Gasteiger partial charge in [0.15, 0.2) is 0 Å². The molecule has 3 heterocycles. The molecule has 1 aliphatic heterocycles. The maximum absolute atomic E-state index is 11.4. The van der Waals surface area contributed by atoms with E-state index < -0.39 is 0 Å². The van der Waals surface area contributed by atoms with Gasteiger partial charge in [0.1, 0.15) is 0 Å². The quantitative estimate of drug-likeness (QED) is 0.719. The Labute approximate surface area is 171 Å². The molecule has 1 aromatic carbocycles. The van der Waals surface area contributed by atoms with E-state index in [1.165, 1.54) is 12.5 Å². The van der Waals surface area contributed by atoms with Crippen molar-refractivity contribution in [3.05, 3.63) is 72.4 Å². The number of aromatic nitrogens is 3. The summed E-state index contributed by atoms with van der Waals surface area (Å²) in [5.74, 6) is 0.244. The van der Waals surface area contributed by atoms with Gasteiger partial charge in [0.2, 0.25) is 5.91 Å². The molecule has 1 atom stereocenters. The van der Waals surface area contributed by atoms with E-state index in [0.29, 0.717) is 5.92 Å². The second-order valence-corrected chi connectivity index (χ2v) is 7.49. The van der Waals surface area contributed by atoms with Crippen LogP contribution in [-0.2, 0) is 11.3 Å². The molecule has 6 nitrogen and oxygen atoms in total. The first-order valence-corrected chi connectivity index (χ1v) is 9.99. The SMILES string of the molecule is CC(=O)Nc1cccc(-c2nccnc2[C@@H]2CCCN(Cc3cccnc3)C2)c1. The number of hydrogen-bond donors (Lipinski definition) is 1. The van der Waals surface area contributed by atoms with Crippen molar-refractivity contribution < 1.29 is 4.79 Å². The maximum atomic E-state index is 11.4. The molecule has 1 saturated heterocycles. The number of carbonyl (C=O) groups is 1. The summed E-state index contributed by atoms with van der Waals surface area (Å²) in [4.78, 5) is 27.5. The van der Waals surface area contributed by atoms with Crippen LogP contribution >= 0.6 is 0 Å². The second-order valence-electron chi connectivity index (χ2n) is 7.49. The molecule has 0 saturated carbocycles. The van der Waals surface area contributed by atoms with Crippen molar-refractivity contribution in [2.45, 2.75) is 32.2 Å². The third kappa shape index (κ3) is 4.84. The summed E-state index contributed by atoms with van der Waals surface area (Å²) in [6, 6.07) is 11.9. The highest BCUT2D eigenvalue weighted by molar-refractivity contribution is 5.89. The fraction of sp³-hybridized carbons (Fsp3) is 0.304. The first-order valence-electron chi connectivity index (χ1n) is 9.99. The molecule has 3 aromatic rings. The highest BCUT2D eigenvalue weighted by Crippen LogP contribution is 2.33. The molecule has 0 bridgehead atoms. The van der Waals surface area contributed by atoms with Gasteiger partial charge in [-0.1, -0.05) is 18.2 Å². The minimum atomic E-state index is -0.0835. The first kappa shape index (κ1) is 19.2. The van der Waals surface area contributed by atoms with Crippen LogP contribution in [0.5, 0.6) is 0 Å². The van der Waals surface area contributed by atoms with Gasteiger partial charge in [-0.2, -0.15) is 0 Å². The number of nitrogens with one attached hydrogen (secondary N) is 1. The number of likely N-dealkylation sites (tertiary alicyclic amines) is 1. The predicted molar refractivity (Wildman–Crippen MR) is 113 cm³/mol. The molecule has 1 N–H and O–H groups in total. The van der Waals surface area contributed by atoms with E-state index in [-0.39, 0.29) is 5.91 Å². The second kappa shape index (κ2) is 8.92. The maximum Gasteiger partial charge on any atom is 0.221 e. The van der Waals surface area contributed by atoms with Crippen LogP contribution in [0.4, 0.5) is 5.69 Å². The molecule has 1 fully saturated rings. The number of amides is 1. The van der Waals surface area contributed by atoms with Crippen LogP contribution in [0.3, 0.4) is 0 Å². The molecule has 0 spiro atoms. The molecule has 6 heteroatoms. The van der Waals surface area contributed by atoms with Gasteiger partial charge in [-0.15, -0.1) is 0 Å². The molecular weight excluding hydrogens is 362 g/mol. The van der Waals surface area contributed by atoms with Crippen molar-refractivity contribution >= 4 is 11.6 Å². The Morgan fingerprint density at radius 1 is 1.17 bits per heavy atom. The summed E-state index contributed by atoms with van der Waals surface area (Å²) >= 11 is 0. The number of anilines is 1. The normalized spacial score (nSPS) is 17.1. The summed E-state index contributed by atoms with van der Waals surface area (Å²) in [6.45, 7) is 4.45. The van der Waals surface area contributed by atoms with Crippen LogP contribution < -0.4 is 5.32 Å². The molecule has 0 radical (unpaired) electrons. The van der Waals surface area contributed by atoms with E-state index in [4.69, 9.17) is 4.98 Å². The molecule has 0 aliphatic carbocycles. The van der Waals surface area contributed by atoms with Gasteiger partial charge in [0.05, 0.1) is 11.4 Å². The van der Waals surface area contributed by atoms with E-state index in [1.54, 1.807) is 12.4 Å². The van der Waals surface area contributed by atoms with Gasteiger partial charge in [-0.05, 0) is 43.1 Å². The number of pyridine rings is 1. The van der Waals surface area contributed by atoms with E-state index in [9.17, 15) is 4.79 Å². The van der Waals surface area contributed by atoms with Gasteiger partial charge >= 0.3 is 0 Å². The Hall–Kier alpha value is -3.12. The monoisotopic (exact) mass is 387 g/mol. The molecule has 29 heavy (non-hydrogen) atoms. The lowest BCUT2D eigenvalue weighted by atomic mass is 9.91. The predicted octanol–water partition coefficient (Wildman–Crippen LogP) is 3.88. The minimum Gasteiger partial charge on any atom is -0.326 e. The summed E-state index contributed by atoms with van der Waals surface area (Å²) in [5.41, 5.74) is 4.91. The summed E-state index contributed by atoms with van der Waals surface area (Å²) < 4.78 is 0. The van der Waals surface area contributed by atoms with Crippen LogP contribution in [0, 0.1) is 0 Å². The average Bonchev–Trinajstić information content (AvgIpc) is 2.74. The van der Waals surface area contributed by atoms with E-state index in [0.717, 1.165) is 55.1 Å². The fourth-order valence-electron chi connectivity index (χ4n) is 3.99. The van der Waals surface area contributed by atoms with E-state index in [2.05, 4.69) is 26.3 Å². The molecule has 1 aliphatic rings. The smallest absolute Gasteiger partial charge is 0.221 e. The van der Waals surface area contributed by atoms with Gasteiger partial charge < -0.3 is 5.32 Å². The van der Waals surface area contributed by atoms with Gasteiger partial charge in [-0.25, -0.2) is 0 Å². The summed E-state index contributed by atoms with van der Waals surface area (Å²) in [5, 5.41) is 2.85. The van der Waals surface area contributed by atoms with Crippen molar-refractivity contribution in [2.24, 2.45) is 0 Å². The van der Waals surface area contributed by atoms with Crippen molar-refractivity contribution in [2.75, 3.05) is 18.4 Å². The number of rotatable bonds is 5. The summed E-state index contributed by atoms with van der Waals surface area (Å²) in [7, 11) is 0. The Balaban J connectivity index is 1.57. The fourth-order valence-corrected chi connectivity index (χ4v) is 3.99. The average molecular weight is 387 g/mol. The van der Waals surface area contributed by atoms with Crippen molar-refractivity contribution in [3.8, 4) is 11.3 Å². The Morgan fingerprint density at radius 3 is 2.90 bits per heavy atom. The molecule has 0 unspecified atom stereocenters. The first-order chi connectivity index (χ1) is 14.2. The minimum absolute atomic E-state index is 0.0835. The van der Waals surface area contributed by atoms with Crippen molar-refractivity contribution in [1.29, 1.82) is 0 Å². The van der Waals surface area contributed by atoms with Gasteiger partial charge in [0, 0.05) is 62.0 Å². The number of piperidine rings is 1.